The van der Waals surface area contributed by atoms with E-state index in [-0.39, 0.29) is 10.8 Å². The highest BCUT2D eigenvalue weighted by atomic mass is 32.2. The van der Waals surface area contributed by atoms with Crippen molar-refractivity contribution in [2.75, 3.05) is 0 Å². The van der Waals surface area contributed by atoms with Gasteiger partial charge >= 0.3 is 5.97 Å². The number of thiazole rings is 1. The molecule has 2 N–H and O–H groups in total. The lowest BCUT2D eigenvalue weighted by atomic mass is 10.5. The van der Waals surface area contributed by atoms with Crippen molar-refractivity contribution in [2.45, 2.75) is 10.8 Å². The molecular weight excluding hydrogens is 292 g/mol. The second-order valence-corrected chi connectivity index (χ2v) is 6.39. The van der Waals surface area contributed by atoms with E-state index in [1.54, 1.807) is 24.0 Å². The maximum Gasteiger partial charge on any atom is 0.356 e. The van der Waals surface area contributed by atoms with Gasteiger partial charge in [-0.15, -0.1) is 11.3 Å². The minimum atomic E-state index is -3.91. The van der Waals surface area contributed by atoms with E-state index in [1.165, 1.54) is 5.51 Å². The van der Waals surface area contributed by atoms with Gasteiger partial charge in [0.05, 0.1) is 12.1 Å². The Hall–Kier alpha value is -1.78. The van der Waals surface area contributed by atoms with Gasteiger partial charge < -0.3 is 9.67 Å². The average molecular weight is 302 g/mol. The monoisotopic (exact) mass is 302 g/mol. The average Bonchev–Trinajstić information content (AvgIpc) is 2.95. The molecule has 2 rings (SSSR count). The summed E-state index contributed by atoms with van der Waals surface area (Å²) in [5.74, 6) is -0.858. The highest BCUT2D eigenvalue weighted by Gasteiger charge is 2.25. The standard InChI is InChI=1S/C9H10N4O4S2/c1-13-3-2-10-6(13)4-12-19(16,17)9-7(8(14)15)11-5-18-9/h2-3,5,12H,4H2,1H3,(H,14,15). The van der Waals surface area contributed by atoms with Crippen molar-refractivity contribution in [3.63, 3.8) is 0 Å². The van der Waals surface area contributed by atoms with Gasteiger partial charge in [-0.1, -0.05) is 0 Å². The molecule has 0 fully saturated rings. The molecule has 0 bridgehead atoms. The summed E-state index contributed by atoms with van der Waals surface area (Å²) in [6.07, 6.45) is 3.22. The summed E-state index contributed by atoms with van der Waals surface area (Å²) in [4.78, 5) is 18.3. The normalized spacial score (nSPS) is 11.6. The van der Waals surface area contributed by atoms with Crippen LogP contribution in [0.2, 0.25) is 0 Å². The number of nitrogens with one attached hydrogen (secondary N) is 1. The molecule has 0 saturated heterocycles. The predicted octanol–water partition coefficient (Wildman–Crippen LogP) is 0.0533. The molecule has 0 aromatic carbocycles. The minimum Gasteiger partial charge on any atom is -0.476 e. The Bertz CT molecular complexity index is 703. The van der Waals surface area contributed by atoms with Gasteiger partial charge in [0, 0.05) is 19.4 Å². The van der Waals surface area contributed by atoms with Crippen LogP contribution in [-0.2, 0) is 23.6 Å². The number of carboxylic acids is 1. The SMILES string of the molecule is Cn1ccnc1CNS(=O)(=O)c1scnc1C(=O)O. The number of sulfonamides is 1. The first-order valence-electron chi connectivity index (χ1n) is 5.04. The number of hydrogen-bond donors (Lipinski definition) is 2. The molecule has 0 aliphatic carbocycles. The zero-order valence-electron chi connectivity index (χ0n) is 9.77. The summed E-state index contributed by atoms with van der Waals surface area (Å²) in [5.41, 5.74) is 0.705. The Labute approximate surface area is 112 Å². The van der Waals surface area contributed by atoms with Crippen LogP contribution in [0.1, 0.15) is 16.3 Å². The first-order valence-corrected chi connectivity index (χ1v) is 7.41. The molecule has 102 valence electrons. The summed E-state index contributed by atoms with van der Waals surface area (Å²) in [6.45, 7) is -0.0250. The van der Waals surface area contributed by atoms with E-state index in [9.17, 15) is 13.2 Å². The lowest BCUT2D eigenvalue weighted by Gasteiger charge is -2.05. The topological polar surface area (TPSA) is 114 Å². The number of aryl methyl sites for hydroxylation is 1. The molecule has 0 atom stereocenters. The number of rotatable bonds is 5. The molecule has 0 aliphatic rings. The zero-order valence-corrected chi connectivity index (χ0v) is 11.4. The summed E-state index contributed by atoms with van der Waals surface area (Å²) in [5, 5.41) is 8.85. The molecule has 0 unspecified atom stereocenters. The number of carbonyl (C=O) groups is 1. The molecule has 19 heavy (non-hydrogen) atoms. The minimum absolute atomic E-state index is 0.0250. The Morgan fingerprint density at radius 3 is 2.84 bits per heavy atom. The fourth-order valence-electron chi connectivity index (χ4n) is 1.36. The molecule has 10 heteroatoms. The molecule has 0 saturated carbocycles. The van der Waals surface area contributed by atoms with Gasteiger partial charge in [0.25, 0.3) is 10.0 Å². The highest BCUT2D eigenvalue weighted by Crippen LogP contribution is 2.19. The molecule has 0 radical (unpaired) electrons. The molecule has 0 aliphatic heterocycles. The maximum absolute atomic E-state index is 12.0. The Morgan fingerprint density at radius 2 is 2.26 bits per heavy atom. The van der Waals surface area contributed by atoms with Crippen LogP contribution in [0.15, 0.2) is 22.1 Å². The van der Waals surface area contributed by atoms with Gasteiger partial charge in [0.15, 0.2) is 9.90 Å². The van der Waals surface area contributed by atoms with Crippen molar-refractivity contribution < 1.29 is 18.3 Å². The maximum atomic E-state index is 12.0. The van der Waals surface area contributed by atoms with Crippen molar-refractivity contribution in [1.29, 1.82) is 0 Å². The number of imidazole rings is 1. The first-order chi connectivity index (χ1) is 8.92. The molecule has 2 aromatic rings. The third-order valence-corrected chi connectivity index (χ3v) is 5.09. The molecule has 0 amide bonds. The Balaban J connectivity index is 2.21. The lowest BCUT2D eigenvalue weighted by Crippen LogP contribution is -2.25. The van der Waals surface area contributed by atoms with Gasteiger partial charge in [0.1, 0.15) is 5.82 Å². The van der Waals surface area contributed by atoms with Crippen molar-refractivity contribution >= 4 is 27.3 Å². The molecule has 0 spiro atoms. The van der Waals surface area contributed by atoms with E-state index >= 15 is 0 Å². The highest BCUT2D eigenvalue weighted by molar-refractivity contribution is 7.91. The summed E-state index contributed by atoms with van der Waals surface area (Å²) in [7, 11) is -2.19. The fraction of sp³-hybridized carbons (Fsp3) is 0.222. The number of aromatic nitrogens is 3. The van der Waals surface area contributed by atoms with E-state index in [1.807, 2.05) is 0 Å². The molecule has 2 aromatic heterocycles. The van der Waals surface area contributed by atoms with Gasteiger partial charge in [-0.3, -0.25) is 0 Å². The van der Waals surface area contributed by atoms with Crippen LogP contribution in [0.4, 0.5) is 0 Å². The second-order valence-electron chi connectivity index (χ2n) is 3.57. The Kier molecular flexibility index (Phi) is 3.64. The van der Waals surface area contributed by atoms with Crippen LogP contribution in [0.5, 0.6) is 0 Å². The van der Waals surface area contributed by atoms with Crippen LogP contribution >= 0.6 is 11.3 Å². The third kappa shape index (κ3) is 2.80. The summed E-state index contributed by atoms with van der Waals surface area (Å²) in [6, 6.07) is 0. The van der Waals surface area contributed by atoms with E-state index in [2.05, 4.69) is 14.7 Å². The molecular formula is C9H10N4O4S2. The van der Waals surface area contributed by atoms with Crippen LogP contribution < -0.4 is 4.72 Å². The van der Waals surface area contributed by atoms with Crippen LogP contribution in [0, 0.1) is 0 Å². The largest absolute Gasteiger partial charge is 0.476 e. The smallest absolute Gasteiger partial charge is 0.356 e. The van der Waals surface area contributed by atoms with Crippen molar-refractivity contribution in [3.05, 3.63) is 29.4 Å². The Morgan fingerprint density at radius 1 is 1.53 bits per heavy atom. The zero-order chi connectivity index (χ0) is 14.0. The van der Waals surface area contributed by atoms with Crippen molar-refractivity contribution in [2.24, 2.45) is 7.05 Å². The van der Waals surface area contributed by atoms with Gasteiger partial charge in [-0.2, -0.15) is 0 Å². The second kappa shape index (κ2) is 5.07. The summed E-state index contributed by atoms with van der Waals surface area (Å²) < 4.78 is 27.6. The van der Waals surface area contributed by atoms with Gasteiger partial charge in [-0.25, -0.2) is 27.9 Å². The van der Waals surface area contributed by atoms with Crippen LogP contribution in [0.25, 0.3) is 0 Å². The van der Waals surface area contributed by atoms with Crippen LogP contribution in [-0.4, -0.2) is 34.0 Å². The van der Waals surface area contributed by atoms with E-state index < -0.39 is 21.7 Å². The van der Waals surface area contributed by atoms with Gasteiger partial charge in [-0.05, 0) is 0 Å². The van der Waals surface area contributed by atoms with Gasteiger partial charge in [0.2, 0.25) is 0 Å². The van der Waals surface area contributed by atoms with Crippen molar-refractivity contribution in [3.8, 4) is 0 Å². The van der Waals surface area contributed by atoms with E-state index in [0.29, 0.717) is 5.82 Å². The fourth-order valence-corrected chi connectivity index (χ4v) is 3.52. The number of carboxylic acid groups (broad SMARTS) is 1. The number of aromatic carboxylic acids is 1. The molecule has 8 nitrogen and oxygen atoms in total. The van der Waals surface area contributed by atoms with Crippen LogP contribution in [0.3, 0.4) is 0 Å². The molecule has 2 heterocycles. The lowest BCUT2D eigenvalue weighted by molar-refractivity contribution is 0.0687. The van der Waals surface area contributed by atoms with E-state index in [0.717, 1.165) is 11.3 Å². The number of hydrogen-bond acceptors (Lipinski definition) is 6. The predicted molar refractivity (Wildman–Crippen MR) is 66.3 cm³/mol. The number of nitrogens with zero attached hydrogens (tertiary/aromatic N) is 3. The summed E-state index contributed by atoms with van der Waals surface area (Å²) >= 11 is 0.757. The third-order valence-electron chi connectivity index (χ3n) is 2.32. The van der Waals surface area contributed by atoms with E-state index in [4.69, 9.17) is 5.11 Å². The quantitative estimate of drug-likeness (QED) is 0.807. The van der Waals surface area contributed by atoms with Crippen molar-refractivity contribution in [1.82, 2.24) is 19.3 Å². The first kappa shape index (κ1) is 13.6.